The van der Waals surface area contributed by atoms with Crippen molar-refractivity contribution >= 4 is 16.9 Å². The molecular weight excluding hydrogens is 345 g/mol. The summed E-state index contributed by atoms with van der Waals surface area (Å²) in [6.07, 6.45) is 1.65. The van der Waals surface area contributed by atoms with Crippen LogP contribution >= 0.6 is 0 Å². The van der Waals surface area contributed by atoms with Crippen LogP contribution < -0.4 is 10.1 Å². The smallest absolute Gasteiger partial charge is 0.220 e. The number of amides is 1. The zero-order chi connectivity index (χ0) is 19.2. The van der Waals surface area contributed by atoms with E-state index in [2.05, 4.69) is 20.9 Å². The zero-order valence-electron chi connectivity index (χ0n) is 15.7. The summed E-state index contributed by atoms with van der Waals surface area (Å²) in [4.78, 5) is 16.6. The fourth-order valence-electron chi connectivity index (χ4n) is 3.15. The van der Waals surface area contributed by atoms with Gasteiger partial charge in [-0.3, -0.25) is 4.79 Å². The van der Waals surface area contributed by atoms with Crippen molar-refractivity contribution in [1.29, 1.82) is 0 Å². The number of imidazole rings is 1. The van der Waals surface area contributed by atoms with Gasteiger partial charge in [-0.05, 0) is 49.6 Å². The van der Waals surface area contributed by atoms with Crippen LogP contribution in [0.5, 0.6) is 5.75 Å². The van der Waals surface area contributed by atoms with E-state index in [9.17, 15) is 9.18 Å². The Morgan fingerprint density at radius 2 is 2.07 bits per heavy atom. The van der Waals surface area contributed by atoms with Crippen molar-refractivity contribution in [2.45, 2.75) is 32.7 Å². The van der Waals surface area contributed by atoms with Crippen LogP contribution in [-0.4, -0.2) is 29.1 Å². The van der Waals surface area contributed by atoms with Crippen LogP contribution in [0, 0.1) is 12.7 Å². The fraction of sp³-hybridized carbons (Fsp3) is 0.333. The molecule has 0 unspecified atom stereocenters. The lowest BCUT2D eigenvalue weighted by Crippen LogP contribution is -2.25. The second kappa shape index (κ2) is 8.66. The quantitative estimate of drug-likeness (QED) is 0.617. The molecule has 0 aliphatic rings. The summed E-state index contributed by atoms with van der Waals surface area (Å²) in [6.45, 7) is 3.39. The van der Waals surface area contributed by atoms with Gasteiger partial charge in [0.25, 0.3) is 0 Å². The number of hydrogen-bond donors (Lipinski definition) is 1. The molecule has 0 aliphatic carbocycles. The normalized spacial score (nSPS) is 10.9. The number of hydrogen-bond acceptors (Lipinski definition) is 3. The van der Waals surface area contributed by atoms with Crippen LogP contribution in [-0.2, 0) is 17.8 Å². The van der Waals surface area contributed by atoms with Crippen molar-refractivity contribution in [3.8, 4) is 5.75 Å². The number of nitrogens with one attached hydrogen (secondary N) is 1. The highest BCUT2D eigenvalue weighted by molar-refractivity contribution is 5.76. The summed E-state index contributed by atoms with van der Waals surface area (Å²) >= 11 is 0. The van der Waals surface area contributed by atoms with Gasteiger partial charge in [0.2, 0.25) is 5.91 Å². The number of benzene rings is 2. The third kappa shape index (κ3) is 4.64. The van der Waals surface area contributed by atoms with E-state index in [0.717, 1.165) is 35.4 Å². The molecule has 5 nitrogen and oxygen atoms in total. The third-order valence-electron chi connectivity index (χ3n) is 4.58. The van der Waals surface area contributed by atoms with Crippen LogP contribution in [0.3, 0.4) is 0 Å². The van der Waals surface area contributed by atoms with Crippen molar-refractivity contribution in [2.24, 2.45) is 0 Å². The highest BCUT2D eigenvalue weighted by atomic mass is 19.1. The molecule has 0 atom stereocenters. The minimum Gasteiger partial charge on any atom is -0.494 e. The van der Waals surface area contributed by atoms with Crippen LogP contribution in [0.4, 0.5) is 4.39 Å². The maximum absolute atomic E-state index is 13.7. The number of carbonyl (C=O) groups is 1. The number of carbonyl (C=O) groups excluding carboxylic acids is 1. The van der Waals surface area contributed by atoms with Crippen LogP contribution in [0.1, 0.15) is 24.2 Å². The summed E-state index contributed by atoms with van der Waals surface area (Å²) in [5, 5.41) is 2.93. The molecule has 3 rings (SSSR count). The third-order valence-corrected chi connectivity index (χ3v) is 4.58. The highest BCUT2D eigenvalue weighted by Crippen LogP contribution is 2.18. The number of rotatable bonds is 8. The van der Waals surface area contributed by atoms with Gasteiger partial charge in [0, 0.05) is 19.5 Å². The molecule has 1 amide bonds. The number of fused-ring (bicyclic) bond motifs is 1. The van der Waals surface area contributed by atoms with Crippen molar-refractivity contribution in [3.05, 3.63) is 59.7 Å². The maximum atomic E-state index is 13.7. The van der Waals surface area contributed by atoms with Gasteiger partial charge in [-0.15, -0.1) is 0 Å². The van der Waals surface area contributed by atoms with E-state index in [1.807, 2.05) is 25.1 Å². The van der Waals surface area contributed by atoms with E-state index < -0.39 is 5.82 Å². The van der Waals surface area contributed by atoms with Crippen molar-refractivity contribution in [3.63, 3.8) is 0 Å². The first-order valence-corrected chi connectivity index (χ1v) is 9.09. The molecule has 1 N–H and O–H groups in total. The second-order valence-electron chi connectivity index (χ2n) is 6.47. The van der Waals surface area contributed by atoms with Gasteiger partial charge in [0.05, 0.1) is 18.1 Å². The van der Waals surface area contributed by atoms with Gasteiger partial charge in [0.15, 0.2) is 11.6 Å². The predicted molar refractivity (Wildman–Crippen MR) is 103 cm³/mol. The van der Waals surface area contributed by atoms with Gasteiger partial charge in [-0.1, -0.05) is 18.2 Å². The minimum absolute atomic E-state index is 0.0292. The second-order valence-corrected chi connectivity index (χ2v) is 6.47. The number of ether oxygens (including phenoxy) is 1. The molecular formula is C21H24FN3O2. The Morgan fingerprint density at radius 1 is 1.26 bits per heavy atom. The molecule has 0 saturated carbocycles. The number of aryl methyl sites for hydroxylation is 3. The fourth-order valence-corrected chi connectivity index (χ4v) is 3.15. The number of nitrogens with zero attached hydrogens (tertiary/aromatic N) is 2. The standard InChI is InChI=1S/C21H24FN3O2/c1-15-24-18-6-3-4-7-19(18)25(15)13-5-12-23-21(26)11-9-16-8-10-20(27-2)17(22)14-16/h3-4,6-8,10,14H,5,9,11-13H2,1-2H3,(H,23,26). The number of methoxy groups -OCH3 is 1. The lowest BCUT2D eigenvalue weighted by Gasteiger charge is -2.09. The average Bonchev–Trinajstić information content (AvgIpc) is 2.99. The average molecular weight is 369 g/mol. The Hall–Kier alpha value is -2.89. The summed E-state index contributed by atoms with van der Waals surface area (Å²) in [7, 11) is 1.43. The Balaban J connectivity index is 1.43. The summed E-state index contributed by atoms with van der Waals surface area (Å²) in [6, 6.07) is 12.8. The SMILES string of the molecule is COc1ccc(CCC(=O)NCCCn2c(C)nc3ccccc32)cc1F. The van der Waals surface area contributed by atoms with Crippen molar-refractivity contribution < 1.29 is 13.9 Å². The first kappa shape index (κ1) is 18.9. The van der Waals surface area contributed by atoms with Gasteiger partial charge in [-0.25, -0.2) is 9.37 Å². The summed E-state index contributed by atoms with van der Waals surface area (Å²) < 4.78 is 20.7. The van der Waals surface area contributed by atoms with E-state index in [4.69, 9.17) is 4.74 Å². The van der Waals surface area contributed by atoms with E-state index in [0.29, 0.717) is 19.4 Å². The molecule has 1 heterocycles. The molecule has 3 aromatic rings. The van der Waals surface area contributed by atoms with E-state index in [1.54, 1.807) is 12.1 Å². The monoisotopic (exact) mass is 369 g/mol. The Morgan fingerprint density at radius 3 is 2.85 bits per heavy atom. The highest BCUT2D eigenvalue weighted by Gasteiger charge is 2.08. The molecule has 27 heavy (non-hydrogen) atoms. The van der Waals surface area contributed by atoms with Gasteiger partial charge < -0.3 is 14.6 Å². The lowest BCUT2D eigenvalue weighted by atomic mass is 10.1. The molecule has 6 heteroatoms. The molecule has 0 aliphatic heterocycles. The van der Waals surface area contributed by atoms with Crippen molar-refractivity contribution in [1.82, 2.24) is 14.9 Å². The zero-order valence-corrected chi connectivity index (χ0v) is 15.7. The van der Waals surface area contributed by atoms with E-state index in [1.165, 1.54) is 13.2 Å². The molecule has 0 spiro atoms. The summed E-state index contributed by atoms with van der Waals surface area (Å²) in [5.74, 6) is 0.756. The Kier molecular flexibility index (Phi) is 6.06. The molecule has 142 valence electrons. The van der Waals surface area contributed by atoms with E-state index in [-0.39, 0.29) is 11.7 Å². The molecule has 1 aromatic heterocycles. The maximum Gasteiger partial charge on any atom is 0.220 e. The van der Waals surface area contributed by atoms with Gasteiger partial charge in [-0.2, -0.15) is 0 Å². The van der Waals surface area contributed by atoms with Crippen molar-refractivity contribution in [2.75, 3.05) is 13.7 Å². The van der Waals surface area contributed by atoms with Crippen LogP contribution in [0.2, 0.25) is 0 Å². The van der Waals surface area contributed by atoms with Gasteiger partial charge >= 0.3 is 0 Å². The predicted octanol–water partition coefficient (Wildman–Crippen LogP) is 3.63. The number of para-hydroxylation sites is 2. The lowest BCUT2D eigenvalue weighted by molar-refractivity contribution is -0.121. The minimum atomic E-state index is -0.404. The van der Waals surface area contributed by atoms with E-state index >= 15 is 0 Å². The first-order chi connectivity index (χ1) is 13.1. The Labute approximate surface area is 158 Å². The Bertz CT molecular complexity index is 936. The molecule has 2 aromatic carbocycles. The summed E-state index contributed by atoms with van der Waals surface area (Å²) in [5.41, 5.74) is 2.89. The van der Waals surface area contributed by atoms with Crippen LogP contribution in [0.25, 0.3) is 11.0 Å². The molecule has 0 radical (unpaired) electrons. The molecule has 0 bridgehead atoms. The molecule has 0 saturated heterocycles. The van der Waals surface area contributed by atoms with Crippen LogP contribution in [0.15, 0.2) is 42.5 Å². The van der Waals surface area contributed by atoms with Gasteiger partial charge in [0.1, 0.15) is 5.82 Å². The number of halogens is 1. The largest absolute Gasteiger partial charge is 0.494 e. The molecule has 0 fully saturated rings. The first-order valence-electron chi connectivity index (χ1n) is 9.09. The topological polar surface area (TPSA) is 56.1 Å². The number of aromatic nitrogens is 2.